The first kappa shape index (κ1) is 25.1. The molecule has 34 heavy (non-hydrogen) atoms. The van der Waals surface area contributed by atoms with Gasteiger partial charge in [-0.1, -0.05) is 117 Å². The summed E-state index contributed by atoms with van der Waals surface area (Å²) in [6.45, 7) is 2.32. The zero-order chi connectivity index (χ0) is 22.8. The summed E-state index contributed by atoms with van der Waals surface area (Å²) < 4.78 is 0. The van der Waals surface area contributed by atoms with Crippen LogP contribution in [0, 0.1) is 5.92 Å². The zero-order valence-electron chi connectivity index (χ0n) is 20.0. The Hall–Kier alpha value is -1.96. The summed E-state index contributed by atoms with van der Waals surface area (Å²) in [7, 11) is 0. The normalized spacial score (nSPS) is 13.3. The molecule has 0 heterocycles. The minimum atomic E-state index is 0. The molecule has 4 aromatic carbocycles. The fraction of sp³-hybridized carbons (Fsp3) is 0.250. The van der Waals surface area contributed by atoms with Gasteiger partial charge in [0.05, 0.1) is 0 Å². The fourth-order valence-electron chi connectivity index (χ4n) is 6.28. The summed E-state index contributed by atoms with van der Waals surface area (Å²) in [6.07, 6.45) is 5.23. The van der Waals surface area contributed by atoms with Crippen LogP contribution in [-0.2, 0) is 25.8 Å². The van der Waals surface area contributed by atoms with Crippen LogP contribution in [0.1, 0.15) is 60.3 Å². The third kappa shape index (κ3) is 4.16. The Morgan fingerprint density at radius 3 is 1.15 bits per heavy atom. The fourth-order valence-corrected chi connectivity index (χ4v) is 6.28. The summed E-state index contributed by atoms with van der Waals surface area (Å²) in [5.41, 5.74) is 11.8. The average molecular weight is 630 g/mol. The number of alkyl halides is 1. The first-order valence-electron chi connectivity index (χ1n) is 12.1. The molecule has 0 nitrogen and oxygen atoms in total. The molecule has 0 bridgehead atoms. The van der Waals surface area contributed by atoms with E-state index in [0.29, 0.717) is 17.8 Å². The van der Waals surface area contributed by atoms with Gasteiger partial charge in [-0.2, -0.15) is 0 Å². The molecule has 0 atom stereocenters. The topological polar surface area (TPSA) is 0 Å². The third-order valence-corrected chi connectivity index (χ3v) is 7.51. The van der Waals surface area contributed by atoms with Gasteiger partial charge < -0.3 is 0 Å². The van der Waals surface area contributed by atoms with Gasteiger partial charge in [0.2, 0.25) is 0 Å². The Balaban J connectivity index is 0.000000890. The quantitative estimate of drug-likeness (QED) is 0.153. The van der Waals surface area contributed by atoms with Crippen molar-refractivity contribution in [3.05, 3.63) is 119 Å². The molecule has 6 rings (SSSR count). The van der Waals surface area contributed by atoms with E-state index in [4.69, 9.17) is 0 Å². The molecule has 0 fully saturated rings. The monoisotopic (exact) mass is 630 g/mol. The van der Waals surface area contributed by atoms with E-state index < -0.39 is 0 Å². The number of rotatable bonds is 5. The van der Waals surface area contributed by atoms with Crippen LogP contribution in [0.15, 0.2) is 97.1 Å². The molecule has 0 aliphatic heterocycles. The van der Waals surface area contributed by atoms with Crippen LogP contribution in [0.3, 0.4) is 0 Å². The summed E-state index contributed by atoms with van der Waals surface area (Å²) in [5.74, 6) is 1.45. The van der Waals surface area contributed by atoms with Gasteiger partial charge in [0.25, 0.3) is 0 Å². The third-order valence-electron chi connectivity index (χ3n) is 7.51. The number of hydrogen-bond acceptors (Lipinski definition) is 0. The Bertz CT molecular complexity index is 1080. The molecule has 2 aliphatic carbocycles. The van der Waals surface area contributed by atoms with E-state index in [1.807, 2.05) is 0 Å². The molecule has 0 saturated carbocycles. The Morgan fingerprint density at radius 1 is 0.559 bits per heavy atom. The Labute approximate surface area is 228 Å². The van der Waals surface area contributed by atoms with E-state index in [1.54, 1.807) is 0 Å². The molecule has 0 saturated heterocycles. The van der Waals surface area contributed by atoms with Crippen LogP contribution in [0.4, 0.5) is 0 Å². The molecule has 2 aliphatic rings. The standard InChI is InChI=1S/C31H28.CH3Cl.Hf/c1-2-3-12-29(30-25-17-8-4-13-21(25)22-14-5-9-18-26(22)30)31-27-19-10-6-15-23(27)24-16-7-11-20-28(24)31;1-2;/h4-11,13-20,29-31H,2-3,12H2,1H3;1H3;/q;;+4. The molecule has 4 aromatic rings. The van der Waals surface area contributed by atoms with Crippen molar-refractivity contribution in [2.45, 2.75) is 38.0 Å². The minimum absolute atomic E-state index is 0. The van der Waals surface area contributed by atoms with Crippen LogP contribution in [0.25, 0.3) is 22.3 Å². The number of unbranched alkanes of at least 4 members (excludes halogenated alkanes) is 1. The van der Waals surface area contributed by atoms with Gasteiger partial charge in [-0.05, 0) is 56.8 Å². The van der Waals surface area contributed by atoms with Crippen molar-refractivity contribution in [1.82, 2.24) is 0 Å². The molecule has 0 spiro atoms. The number of fused-ring (bicyclic) bond motifs is 6. The predicted molar refractivity (Wildman–Crippen MR) is 142 cm³/mol. The summed E-state index contributed by atoms with van der Waals surface area (Å²) in [4.78, 5) is 0. The maximum absolute atomic E-state index is 4.64. The zero-order valence-corrected chi connectivity index (χ0v) is 24.3. The molecular weight excluding hydrogens is 598 g/mol. The van der Waals surface area contributed by atoms with Crippen molar-refractivity contribution in [3.63, 3.8) is 0 Å². The molecule has 166 valence electrons. The molecule has 0 amide bonds. The average Bonchev–Trinajstić information content (AvgIpc) is 3.40. The van der Waals surface area contributed by atoms with Crippen LogP contribution >= 0.6 is 11.6 Å². The second-order valence-corrected chi connectivity index (χ2v) is 9.11. The summed E-state index contributed by atoms with van der Waals surface area (Å²) in [5, 5.41) is 0. The number of halogens is 1. The minimum Gasteiger partial charge on any atom is -0.130 e. The first-order valence-corrected chi connectivity index (χ1v) is 12.9. The van der Waals surface area contributed by atoms with Gasteiger partial charge in [0.1, 0.15) is 0 Å². The van der Waals surface area contributed by atoms with E-state index in [0.717, 1.165) is 0 Å². The molecule has 2 heteroatoms. The van der Waals surface area contributed by atoms with E-state index in [1.165, 1.54) is 70.2 Å². The van der Waals surface area contributed by atoms with Gasteiger partial charge in [0, 0.05) is 18.2 Å². The van der Waals surface area contributed by atoms with Crippen molar-refractivity contribution in [3.8, 4) is 22.3 Å². The van der Waals surface area contributed by atoms with Crippen molar-refractivity contribution in [2.24, 2.45) is 5.92 Å². The maximum atomic E-state index is 4.64. The summed E-state index contributed by atoms with van der Waals surface area (Å²) in [6, 6.07) is 36.5. The second kappa shape index (κ2) is 11.2. The van der Waals surface area contributed by atoms with Crippen LogP contribution in [0.2, 0.25) is 0 Å². The molecular formula is C32H31ClHf+4. The SMILES string of the molecule is CCCCC(C1c2ccccc2-c2ccccc21)C1c2ccccc2-c2ccccc21.CCl.[Hf+4]. The number of hydrogen-bond donors (Lipinski definition) is 0. The Kier molecular flexibility index (Phi) is 8.27. The first-order chi connectivity index (χ1) is 16.4. The van der Waals surface area contributed by atoms with Gasteiger partial charge in [-0.3, -0.25) is 0 Å². The Morgan fingerprint density at radius 2 is 0.853 bits per heavy atom. The van der Waals surface area contributed by atoms with E-state index in [9.17, 15) is 0 Å². The van der Waals surface area contributed by atoms with Gasteiger partial charge in [-0.25, -0.2) is 0 Å². The summed E-state index contributed by atoms with van der Waals surface area (Å²) >= 11 is 4.64. The van der Waals surface area contributed by atoms with Crippen LogP contribution in [0.5, 0.6) is 0 Å². The van der Waals surface area contributed by atoms with Gasteiger partial charge >= 0.3 is 25.8 Å². The van der Waals surface area contributed by atoms with Crippen molar-refractivity contribution in [2.75, 3.05) is 6.38 Å². The largest absolute Gasteiger partial charge is 4.00 e. The maximum Gasteiger partial charge on any atom is 4.00 e. The van der Waals surface area contributed by atoms with Gasteiger partial charge in [0.15, 0.2) is 0 Å². The molecule has 0 radical (unpaired) electrons. The van der Waals surface area contributed by atoms with Crippen molar-refractivity contribution >= 4 is 11.6 Å². The predicted octanol–water partition coefficient (Wildman–Crippen LogP) is 9.27. The second-order valence-electron chi connectivity index (χ2n) is 9.11. The van der Waals surface area contributed by atoms with Crippen LogP contribution in [-0.4, -0.2) is 6.38 Å². The van der Waals surface area contributed by atoms with E-state index in [2.05, 4.69) is 116 Å². The van der Waals surface area contributed by atoms with E-state index >= 15 is 0 Å². The molecule has 0 N–H and O–H groups in total. The molecule has 0 aromatic heterocycles. The van der Waals surface area contributed by atoms with Gasteiger partial charge in [-0.15, -0.1) is 11.6 Å². The van der Waals surface area contributed by atoms with Crippen LogP contribution < -0.4 is 0 Å². The molecule has 0 unspecified atom stereocenters. The van der Waals surface area contributed by atoms with E-state index in [-0.39, 0.29) is 25.8 Å². The van der Waals surface area contributed by atoms with Crippen molar-refractivity contribution < 1.29 is 25.8 Å². The van der Waals surface area contributed by atoms with Crippen molar-refractivity contribution in [1.29, 1.82) is 0 Å². The number of benzene rings is 4. The smallest absolute Gasteiger partial charge is 0.130 e.